The third-order valence-electron chi connectivity index (χ3n) is 11.0. The molecule has 42 heavy (non-hydrogen) atoms. The number of Topliss-reactive ketones (excluding diaryl/α,β-unsaturated/α-hetero) is 1. The van der Waals surface area contributed by atoms with Crippen molar-refractivity contribution in [3.05, 3.63) is 53.4 Å². The lowest BCUT2D eigenvalue weighted by molar-refractivity contribution is -0.145. The number of allylic oxidation sites excluding steroid dienone is 4. The van der Waals surface area contributed by atoms with Gasteiger partial charge in [-0.25, -0.2) is 9.18 Å². The molecule has 4 aliphatic carbocycles. The second-order valence-electron chi connectivity index (χ2n) is 13.4. The Bertz CT molecular complexity index is 1320. The molecule has 7 heteroatoms. The topological polar surface area (TPSA) is 81.7 Å². The highest BCUT2D eigenvalue weighted by Gasteiger charge is 2.79. The van der Waals surface area contributed by atoms with E-state index in [4.69, 9.17) is 9.47 Å². The third-order valence-corrected chi connectivity index (χ3v) is 11.0. The molecule has 6 nitrogen and oxygen atoms in total. The first-order chi connectivity index (χ1) is 20.0. The number of ketones is 1. The van der Waals surface area contributed by atoms with Gasteiger partial charge in [0.15, 0.2) is 12.4 Å². The summed E-state index contributed by atoms with van der Waals surface area (Å²) in [5, 5.41) is 3.00. The number of fused-ring (bicyclic) bond motifs is 2. The number of nitrogens with one attached hydrogen (secondary N) is 1. The van der Waals surface area contributed by atoms with Crippen molar-refractivity contribution < 1.29 is 31.1 Å². The SMILES string of the molecule is CC.CC(=O)COC(=O)N[C@H]1CC[C@@]23C(CC4=CC=C(c5cccc(F)c5)C(C)C4)[C@@H]2[C@@H]2[C@@H](C)OC(=O)[C@@H]2CC3(C)C1.[HH].[HH]. The number of esters is 1. The zero-order valence-electron chi connectivity index (χ0n) is 25.9. The lowest BCUT2D eigenvalue weighted by atomic mass is 9.53. The maximum absolute atomic E-state index is 13.9. The molecule has 1 heterocycles. The molecular weight excluding hydrogens is 533 g/mol. The van der Waals surface area contributed by atoms with Crippen molar-refractivity contribution in [1.29, 1.82) is 0 Å². The summed E-state index contributed by atoms with van der Waals surface area (Å²) in [6.07, 6.45) is 9.18. The van der Waals surface area contributed by atoms with Gasteiger partial charge in [0.2, 0.25) is 0 Å². The van der Waals surface area contributed by atoms with E-state index in [1.165, 1.54) is 24.1 Å². The first-order valence-corrected chi connectivity index (χ1v) is 15.8. The number of amides is 1. The van der Waals surface area contributed by atoms with Crippen LogP contribution in [0.3, 0.4) is 0 Å². The van der Waals surface area contributed by atoms with Gasteiger partial charge in [-0.3, -0.25) is 9.59 Å². The van der Waals surface area contributed by atoms with Gasteiger partial charge < -0.3 is 14.8 Å². The Morgan fingerprint density at radius 3 is 2.64 bits per heavy atom. The van der Waals surface area contributed by atoms with E-state index in [2.05, 4.69) is 38.2 Å². The van der Waals surface area contributed by atoms with E-state index in [1.54, 1.807) is 12.1 Å². The highest BCUT2D eigenvalue weighted by atomic mass is 19.1. The van der Waals surface area contributed by atoms with Crippen LogP contribution in [0.25, 0.3) is 5.57 Å². The molecule has 9 atom stereocenters. The van der Waals surface area contributed by atoms with Gasteiger partial charge in [0.25, 0.3) is 0 Å². The molecule has 0 aromatic heterocycles. The summed E-state index contributed by atoms with van der Waals surface area (Å²) < 4.78 is 24.8. The zero-order valence-corrected chi connectivity index (χ0v) is 25.9. The fraction of sp³-hybridized carbons (Fsp3) is 0.629. The van der Waals surface area contributed by atoms with Crippen LogP contribution in [0, 0.1) is 46.2 Å². The molecular formula is C35H50FNO5. The number of cyclic esters (lactones) is 1. The summed E-state index contributed by atoms with van der Waals surface area (Å²) in [4.78, 5) is 36.6. The summed E-state index contributed by atoms with van der Waals surface area (Å²) in [6, 6.07) is 6.79. The minimum atomic E-state index is -0.548. The van der Waals surface area contributed by atoms with Crippen LogP contribution in [0.1, 0.15) is 88.5 Å². The number of carbonyl (C=O) groups excluding carboxylic acids is 3. The van der Waals surface area contributed by atoms with Gasteiger partial charge in [0, 0.05) is 14.8 Å². The van der Waals surface area contributed by atoms with Crippen molar-refractivity contribution in [3.8, 4) is 0 Å². The van der Waals surface area contributed by atoms with Crippen LogP contribution in [-0.4, -0.2) is 36.6 Å². The molecule has 6 rings (SSSR count). The van der Waals surface area contributed by atoms with Crippen molar-refractivity contribution >= 4 is 23.4 Å². The number of alkyl carbamates (subject to hydrolysis) is 1. The maximum Gasteiger partial charge on any atom is 0.407 e. The van der Waals surface area contributed by atoms with Crippen LogP contribution in [-0.2, 0) is 19.1 Å². The monoisotopic (exact) mass is 583 g/mol. The van der Waals surface area contributed by atoms with Crippen molar-refractivity contribution in [2.45, 2.75) is 92.2 Å². The van der Waals surface area contributed by atoms with Crippen molar-refractivity contribution in [2.75, 3.05) is 6.61 Å². The summed E-state index contributed by atoms with van der Waals surface area (Å²) in [5.74, 6) is 0.879. The maximum atomic E-state index is 13.9. The Morgan fingerprint density at radius 2 is 1.95 bits per heavy atom. The van der Waals surface area contributed by atoms with E-state index in [0.717, 1.165) is 44.1 Å². The van der Waals surface area contributed by atoms with Gasteiger partial charge in [-0.1, -0.05) is 57.6 Å². The predicted molar refractivity (Wildman–Crippen MR) is 164 cm³/mol. The molecule has 3 saturated carbocycles. The molecule has 1 aromatic carbocycles. The smallest absolute Gasteiger partial charge is 0.407 e. The molecule has 3 unspecified atom stereocenters. The highest BCUT2D eigenvalue weighted by molar-refractivity contribution is 5.80. The van der Waals surface area contributed by atoms with Gasteiger partial charge in [-0.15, -0.1) is 0 Å². The second kappa shape index (κ2) is 11.6. The van der Waals surface area contributed by atoms with Gasteiger partial charge in [0.1, 0.15) is 11.9 Å². The summed E-state index contributed by atoms with van der Waals surface area (Å²) >= 11 is 0. The van der Waals surface area contributed by atoms with Crippen LogP contribution in [0.15, 0.2) is 42.0 Å². The van der Waals surface area contributed by atoms with Gasteiger partial charge in [-0.05, 0) is 104 Å². The van der Waals surface area contributed by atoms with Crippen LogP contribution in [0.2, 0.25) is 0 Å². The average molecular weight is 584 g/mol. The third kappa shape index (κ3) is 5.22. The number of hydrogen-bond donors (Lipinski definition) is 1. The van der Waals surface area contributed by atoms with E-state index in [0.29, 0.717) is 17.8 Å². The van der Waals surface area contributed by atoms with Gasteiger partial charge in [0.05, 0.1) is 5.92 Å². The lowest BCUT2D eigenvalue weighted by Crippen LogP contribution is -2.51. The van der Waals surface area contributed by atoms with Crippen molar-refractivity contribution in [1.82, 2.24) is 5.32 Å². The molecule has 1 amide bonds. The quantitative estimate of drug-likeness (QED) is 0.346. The molecule has 1 aromatic rings. The molecule has 4 fully saturated rings. The molecule has 0 bridgehead atoms. The number of rotatable bonds is 6. The highest BCUT2D eigenvalue weighted by Crippen LogP contribution is 2.82. The van der Waals surface area contributed by atoms with Crippen LogP contribution < -0.4 is 5.32 Å². The van der Waals surface area contributed by atoms with Crippen molar-refractivity contribution in [3.63, 3.8) is 0 Å². The summed E-state index contributed by atoms with van der Waals surface area (Å²) in [7, 11) is 0. The van der Waals surface area contributed by atoms with E-state index in [-0.39, 0.29) is 61.8 Å². The molecule has 1 spiro atoms. The first-order valence-electron chi connectivity index (χ1n) is 15.8. The molecule has 1 saturated heterocycles. The normalized spacial score (nSPS) is 37.8. The standard InChI is InChI=1S/C33H40FNO5.C2H6.2H2/c1-18-12-21(8-9-25(18)22-6-5-7-23(34)14-22)13-27-29-28-20(3)40-30(37)26(28)16-32(4)15-24(10-11-33(27,29)32)35-31(38)39-17-19(2)36;1-2;;/h5-9,14,18,20,24,26-29H,10-13,15-17H2,1-4H3,(H,35,38);1-2H3;2*1H/t18?,20-,24+,26-,27?,28-,29-,32?,33-;;;/m1.../s1. The Morgan fingerprint density at radius 1 is 1.19 bits per heavy atom. The summed E-state index contributed by atoms with van der Waals surface area (Å²) in [5.41, 5.74) is 3.55. The number of carbonyl (C=O) groups is 3. The van der Waals surface area contributed by atoms with Crippen LogP contribution in [0.5, 0.6) is 0 Å². The van der Waals surface area contributed by atoms with Crippen LogP contribution in [0.4, 0.5) is 9.18 Å². The molecule has 0 radical (unpaired) electrons. The molecule has 1 N–H and O–H groups in total. The van der Waals surface area contributed by atoms with E-state index >= 15 is 0 Å². The fourth-order valence-electron chi connectivity index (χ4n) is 9.50. The van der Waals surface area contributed by atoms with E-state index in [9.17, 15) is 18.8 Å². The van der Waals surface area contributed by atoms with E-state index in [1.807, 2.05) is 19.9 Å². The van der Waals surface area contributed by atoms with E-state index < -0.39 is 6.09 Å². The number of halogens is 1. The second-order valence-corrected chi connectivity index (χ2v) is 13.4. The van der Waals surface area contributed by atoms with Crippen LogP contribution >= 0.6 is 0 Å². The Labute approximate surface area is 252 Å². The minimum absolute atomic E-state index is 0. The Hall–Kier alpha value is -2.96. The van der Waals surface area contributed by atoms with Gasteiger partial charge >= 0.3 is 12.1 Å². The average Bonchev–Trinajstić information content (AvgIpc) is 3.49. The predicted octanol–water partition coefficient (Wildman–Crippen LogP) is 7.77. The van der Waals surface area contributed by atoms with Gasteiger partial charge in [-0.2, -0.15) is 0 Å². The zero-order chi connectivity index (χ0) is 30.4. The first kappa shape index (κ1) is 30.5. The number of ether oxygens (including phenoxy) is 2. The molecule has 1 aliphatic heterocycles. The number of benzene rings is 1. The Balaban J connectivity index is 0.00000130. The molecule has 232 valence electrons. The summed E-state index contributed by atoms with van der Waals surface area (Å²) in [6.45, 7) is 11.8. The lowest BCUT2D eigenvalue weighted by Gasteiger charge is -2.51. The number of hydrogen-bond acceptors (Lipinski definition) is 5. The van der Waals surface area contributed by atoms with Crippen molar-refractivity contribution in [2.24, 2.45) is 40.4 Å². The largest absolute Gasteiger partial charge is 0.462 e. The fourth-order valence-corrected chi connectivity index (χ4v) is 9.50. The Kier molecular flexibility index (Phi) is 8.43. The minimum Gasteiger partial charge on any atom is -0.462 e. The molecule has 5 aliphatic rings.